The molecule has 0 aromatic heterocycles. The summed E-state index contributed by atoms with van der Waals surface area (Å²) in [4.78, 5) is 0.275. The van der Waals surface area contributed by atoms with Crippen molar-refractivity contribution in [3.05, 3.63) is 54.1 Å². The summed E-state index contributed by atoms with van der Waals surface area (Å²) < 4.78 is 27.4. The number of nitrogens with one attached hydrogen (secondary N) is 2. The Labute approximate surface area is 139 Å². The number of aryl methyl sites for hydroxylation is 1. The molecule has 0 aliphatic carbocycles. The number of hydrogen-bond acceptors (Lipinski definition) is 3. The van der Waals surface area contributed by atoms with Crippen molar-refractivity contribution in [1.82, 2.24) is 0 Å². The molecule has 0 bridgehead atoms. The monoisotopic (exact) mass is 332 g/mol. The fourth-order valence-corrected chi connectivity index (χ4v) is 3.16. The van der Waals surface area contributed by atoms with Gasteiger partial charge in [0.05, 0.1) is 4.90 Å². The summed E-state index contributed by atoms with van der Waals surface area (Å²) in [5, 5.41) is 3.30. The van der Waals surface area contributed by atoms with Crippen LogP contribution in [0.2, 0.25) is 0 Å². The van der Waals surface area contributed by atoms with Crippen molar-refractivity contribution in [2.45, 2.75) is 32.1 Å². The molecule has 0 heterocycles. The van der Waals surface area contributed by atoms with E-state index in [4.69, 9.17) is 0 Å². The van der Waals surface area contributed by atoms with Crippen molar-refractivity contribution < 1.29 is 8.42 Å². The van der Waals surface area contributed by atoms with E-state index < -0.39 is 10.0 Å². The van der Waals surface area contributed by atoms with Gasteiger partial charge in [-0.05, 0) is 54.3 Å². The number of anilines is 2. The van der Waals surface area contributed by atoms with Crippen LogP contribution < -0.4 is 10.0 Å². The first-order chi connectivity index (χ1) is 10.9. The molecule has 2 N–H and O–H groups in total. The predicted molar refractivity (Wildman–Crippen MR) is 96.4 cm³/mol. The fraction of sp³-hybridized carbons (Fsp3) is 0.333. The van der Waals surface area contributed by atoms with E-state index in [0.29, 0.717) is 11.6 Å². The first-order valence-corrected chi connectivity index (χ1v) is 9.34. The summed E-state index contributed by atoms with van der Waals surface area (Å²) in [7, 11) is -3.55. The van der Waals surface area contributed by atoms with Crippen LogP contribution in [0.15, 0.2) is 53.4 Å². The molecular weight excluding hydrogens is 308 g/mol. The van der Waals surface area contributed by atoms with E-state index in [2.05, 4.69) is 23.9 Å². The van der Waals surface area contributed by atoms with Crippen molar-refractivity contribution in [3.8, 4) is 0 Å². The van der Waals surface area contributed by atoms with E-state index in [1.807, 2.05) is 31.2 Å². The van der Waals surface area contributed by atoms with Crippen LogP contribution in [0.5, 0.6) is 0 Å². The van der Waals surface area contributed by atoms with Gasteiger partial charge in [0.1, 0.15) is 0 Å². The van der Waals surface area contributed by atoms with Gasteiger partial charge in [-0.1, -0.05) is 32.9 Å². The van der Waals surface area contributed by atoms with Gasteiger partial charge in [0.25, 0.3) is 10.0 Å². The van der Waals surface area contributed by atoms with E-state index in [9.17, 15) is 8.42 Å². The van der Waals surface area contributed by atoms with E-state index in [-0.39, 0.29) is 4.90 Å². The van der Waals surface area contributed by atoms with Gasteiger partial charge in [0, 0.05) is 17.9 Å². The smallest absolute Gasteiger partial charge is 0.261 e. The maximum atomic E-state index is 12.4. The third-order valence-electron chi connectivity index (χ3n) is 3.49. The molecule has 0 spiro atoms. The Kier molecular flexibility index (Phi) is 5.66. The van der Waals surface area contributed by atoms with Crippen LogP contribution in [0.3, 0.4) is 0 Å². The predicted octanol–water partition coefficient (Wildman–Crippen LogP) is 4.12. The van der Waals surface area contributed by atoms with E-state index >= 15 is 0 Å². The van der Waals surface area contributed by atoms with Crippen LogP contribution in [0.25, 0.3) is 0 Å². The Morgan fingerprint density at radius 1 is 0.913 bits per heavy atom. The molecule has 2 aromatic rings. The van der Waals surface area contributed by atoms with Gasteiger partial charge in [0.2, 0.25) is 0 Å². The lowest BCUT2D eigenvalue weighted by Gasteiger charge is -2.11. The number of hydrogen-bond donors (Lipinski definition) is 2. The summed E-state index contributed by atoms with van der Waals surface area (Å²) in [5.74, 6) is 0.555. The maximum absolute atomic E-state index is 12.4. The lowest BCUT2D eigenvalue weighted by Crippen LogP contribution is -2.13. The summed E-state index contributed by atoms with van der Waals surface area (Å²) in [6.07, 6.45) is 0.887. The van der Waals surface area contributed by atoms with E-state index in [1.165, 1.54) is 0 Å². The zero-order chi connectivity index (χ0) is 16.9. The van der Waals surface area contributed by atoms with Crippen LogP contribution in [0.1, 0.15) is 26.3 Å². The average Bonchev–Trinajstić information content (AvgIpc) is 2.54. The molecule has 2 rings (SSSR count). The van der Waals surface area contributed by atoms with Gasteiger partial charge < -0.3 is 5.32 Å². The zero-order valence-corrected chi connectivity index (χ0v) is 14.7. The topological polar surface area (TPSA) is 58.2 Å². The molecule has 0 aliphatic rings. The normalized spacial score (nSPS) is 11.5. The van der Waals surface area contributed by atoms with Crippen LogP contribution in [0, 0.1) is 5.92 Å². The van der Waals surface area contributed by atoms with Gasteiger partial charge in [0.15, 0.2) is 0 Å². The second-order valence-electron chi connectivity index (χ2n) is 5.96. The second kappa shape index (κ2) is 7.51. The summed E-state index contributed by atoms with van der Waals surface area (Å²) in [6, 6.07) is 14.2. The van der Waals surface area contributed by atoms with Crippen LogP contribution in [-0.2, 0) is 16.4 Å². The molecule has 5 heteroatoms. The van der Waals surface area contributed by atoms with Crippen LogP contribution in [-0.4, -0.2) is 15.0 Å². The molecule has 0 aliphatic heterocycles. The highest BCUT2D eigenvalue weighted by Crippen LogP contribution is 2.19. The first kappa shape index (κ1) is 17.3. The largest absolute Gasteiger partial charge is 0.385 e. The SMILES string of the molecule is CCc1ccc(S(=O)(=O)Nc2ccc(NCC(C)C)cc2)cc1. The molecule has 124 valence electrons. The Balaban J connectivity index is 2.07. The van der Waals surface area contributed by atoms with Crippen LogP contribution >= 0.6 is 0 Å². The third-order valence-corrected chi connectivity index (χ3v) is 4.89. The summed E-state index contributed by atoms with van der Waals surface area (Å²) >= 11 is 0. The number of rotatable bonds is 7. The highest BCUT2D eigenvalue weighted by atomic mass is 32.2. The number of sulfonamides is 1. The molecule has 0 saturated carbocycles. The minimum absolute atomic E-state index is 0.275. The zero-order valence-electron chi connectivity index (χ0n) is 13.8. The highest BCUT2D eigenvalue weighted by molar-refractivity contribution is 7.92. The lowest BCUT2D eigenvalue weighted by molar-refractivity contribution is 0.601. The maximum Gasteiger partial charge on any atom is 0.261 e. The molecule has 0 unspecified atom stereocenters. The van der Waals surface area contributed by atoms with Gasteiger partial charge in [-0.25, -0.2) is 8.42 Å². The average molecular weight is 332 g/mol. The van der Waals surface area contributed by atoms with Crippen molar-refractivity contribution >= 4 is 21.4 Å². The van der Waals surface area contributed by atoms with Gasteiger partial charge in [-0.15, -0.1) is 0 Å². The summed E-state index contributed by atoms with van der Waals surface area (Å²) in [6.45, 7) is 7.20. The van der Waals surface area contributed by atoms with Gasteiger partial charge >= 0.3 is 0 Å². The Hall–Kier alpha value is -2.01. The van der Waals surface area contributed by atoms with Crippen LogP contribution in [0.4, 0.5) is 11.4 Å². The molecule has 4 nitrogen and oxygen atoms in total. The minimum Gasteiger partial charge on any atom is -0.385 e. The fourth-order valence-electron chi connectivity index (χ4n) is 2.10. The molecule has 0 saturated heterocycles. The van der Waals surface area contributed by atoms with E-state index in [1.54, 1.807) is 24.3 Å². The number of benzene rings is 2. The first-order valence-electron chi connectivity index (χ1n) is 7.86. The van der Waals surface area contributed by atoms with Crippen molar-refractivity contribution in [3.63, 3.8) is 0 Å². The van der Waals surface area contributed by atoms with Crippen molar-refractivity contribution in [1.29, 1.82) is 0 Å². The van der Waals surface area contributed by atoms with Gasteiger partial charge in [-0.3, -0.25) is 4.72 Å². The highest BCUT2D eigenvalue weighted by Gasteiger charge is 2.13. The molecule has 0 fully saturated rings. The molecular formula is C18H24N2O2S. The molecule has 2 aromatic carbocycles. The lowest BCUT2D eigenvalue weighted by atomic mass is 10.2. The van der Waals surface area contributed by atoms with E-state index in [0.717, 1.165) is 24.2 Å². The van der Waals surface area contributed by atoms with Gasteiger partial charge in [-0.2, -0.15) is 0 Å². The molecule has 0 atom stereocenters. The Bertz CT molecular complexity index is 721. The molecule has 0 amide bonds. The Morgan fingerprint density at radius 2 is 1.48 bits per heavy atom. The van der Waals surface area contributed by atoms with Crippen molar-refractivity contribution in [2.24, 2.45) is 5.92 Å². The Morgan fingerprint density at radius 3 is 2.00 bits per heavy atom. The standard InChI is InChI=1S/C18H24N2O2S/c1-4-15-5-11-18(12-6-15)23(21,22)20-17-9-7-16(8-10-17)19-13-14(2)3/h5-12,14,19-20H,4,13H2,1-3H3. The quantitative estimate of drug-likeness (QED) is 0.802. The third kappa shape index (κ3) is 4.99. The molecule has 23 heavy (non-hydrogen) atoms. The minimum atomic E-state index is -3.55. The van der Waals surface area contributed by atoms with Crippen molar-refractivity contribution in [2.75, 3.05) is 16.6 Å². The summed E-state index contributed by atoms with van der Waals surface area (Å²) in [5.41, 5.74) is 2.65. The second-order valence-corrected chi connectivity index (χ2v) is 7.64. The molecule has 0 radical (unpaired) electrons.